The predicted octanol–water partition coefficient (Wildman–Crippen LogP) is 5.38. The minimum Gasteiger partial charge on any atom is -0.327 e. The molecule has 0 spiro atoms. The minimum atomic E-state index is 0.515. The van der Waals surface area contributed by atoms with Crippen LogP contribution < -0.4 is 5.73 Å². The molecule has 0 amide bonds. The van der Waals surface area contributed by atoms with Crippen LogP contribution in [0.3, 0.4) is 0 Å². The van der Waals surface area contributed by atoms with E-state index in [0.29, 0.717) is 6.04 Å². The molecule has 122 valence electrons. The first kappa shape index (κ1) is 15.8. The van der Waals surface area contributed by atoms with Gasteiger partial charge in [0.25, 0.3) is 0 Å². The second-order valence-electron chi connectivity index (χ2n) is 8.94. The number of hydrogen-bond acceptors (Lipinski definition) is 1. The first-order chi connectivity index (χ1) is 10.1. The van der Waals surface area contributed by atoms with Gasteiger partial charge in [-0.25, -0.2) is 0 Å². The maximum atomic E-state index is 6.67. The van der Waals surface area contributed by atoms with Gasteiger partial charge in [-0.15, -0.1) is 0 Å². The highest BCUT2D eigenvalue weighted by Gasteiger charge is 2.37. The van der Waals surface area contributed by atoms with E-state index in [9.17, 15) is 0 Å². The maximum absolute atomic E-state index is 6.67. The van der Waals surface area contributed by atoms with Gasteiger partial charge in [0.2, 0.25) is 0 Å². The Labute approximate surface area is 132 Å². The fourth-order valence-corrected chi connectivity index (χ4v) is 5.75. The van der Waals surface area contributed by atoms with Gasteiger partial charge >= 0.3 is 0 Å². The van der Waals surface area contributed by atoms with E-state index in [2.05, 4.69) is 13.8 Å². The summed E-state index contributed by atoms with van der Waals surface area (Å²) in [6, 6.07) is 0.515. The molecule has 1 nitrogen and oxygen atoms in total. The Kier molecular flexibility index (Phi) is 5.30. The van der Waals surface area contributed by atoms with Crippen LogP contribution in [0, 0.1) is 35.5 Å². The van der Waals surface area contributed by atoms with Gasteiger partial charge in [-0.1, -0.05) is 39.5 Å². The van der Waals surface area contributed by atoms with Gasteiger partial charge in [0, 0.05) is 6.04 Å². The van der Waals surface area contributed by atoms with Gasteiger partial charge in [0.15, 0.2) is 0 Å². The Balaban J connectivity index is 1.50. The fraction of sp³-hybridized carbons (Fsp3) is 1.00. The first-order valence-corrected chi connectivity index (χ1v) is 9.89. The van der Waals surface area contributed by atoms with Gasteiger partial charge in [-0.05, 0) is 80.5 Å². The molecule has 0 aromatic carbocycles. The van der Waals surface area contributed by atoms with Gasteiger partial charge in [-0.2, -0.15) is 0 Å². The summed E-state index contributed by atoms with van der Waals surface area (Å²) >= 11 is 0. The van der Waals surface area contributed by atoms with Crippen LogP contribution in [0.15, 0.2) is 0 Å². The highest BCUT2D eigenvalue weighted by molar-refractivity contribution is 4.91. The van der Waals surface area contributed by atoms with Crippen molar-refractivity contribution >= 4 is 0 Å². The van der Waals surface area contributed by atoms with E-state index in [1.807, 2.05) is 0 Å². The van der Waals surface area contributed by atoms with Gasteiger partial charge in [0.1, 0.15) is 0 Å². The zero-order valence-electron chi connectivity index (χ0n) is 14.4. The van der Waals surface area contributed by atoms with E-state index in [-0.39, 0.29) is 0 Å². The van der Waals surface area contributed by atoms with Crippen LogP contribution >= 0.6 is 0 Å². The lowest BCUT2D eigenvalue weighted by Crippen LogP contribution is -2.43. The lowest BCUT2D eigenvalue weighted by Gasteiger charge is -2.44. The fourth-order valence-electron chi connectivity index (χ4n) is 5.75. The Morgan fingerprint density at radius 3 is 1.57 bits per heavy atom. The monoisotopic (exact) mass is 291 g/mol. The summed E-state index contributed by atoms with van der Waals surface area (Å²) in [6.07, 6.45) is 16.0. The van der Waals surface area contributed by atoms with Crippen molar-refractivity contribution in [1.82, 2.24) is 0 Å². The average molecular weight is 292 g/mol. The Morgan fingerprint density at radius 1 is 0.571 bits per heavy atom. The normalized spacial score (nSPS) is 49.0. The van der Waals surface area contributed by atoms with Gasteiger partial charge in [-0.3, -0.25) is 0 Å². The van der Waals surface area contributed by atoms with Crippen molar-refractivity contribution < 1.29 is 0 Å². The molecule has 0 heterocycles. The van der Waals surface area contributed by atoms with Crippen LogP contribution in [0.1, 0.15) is 84.5 Å². The van der Waals surface area contributed by atoms with Gasteiger partial charge in [0.05, 0.1) is 0 Å². The second-order valence-corrected chi connectivity index (χ2v) is 8.94. The molecular weight excluding hydrogens is 254 g/mol. The molecular formula is C20H37N. The summed E-state index contributed by atoms with van der Waals surface area (Å²) in [5.74, 6) is 5.75. The summed E-state index contributed by atoms with van der Waals surface area (Å²) < 4.78 is 0. The van der Waals surface area contributed by atoms with E-state index in [1.54, 1.807) is 0 Å². The van der Waals surface area contributed by atoms with E-state index < -0.39 is 0 Å². The Morgan fingerprint density at radius 2 is 1.05 bits per heavy atom. The second kappa shape index (κ2) is 7.02. The molecule has 3 rings (SSSR count). The van der Waals surface area contributed by atoms with E-state index in [1.165, 1.54) is 70.6 Å². The van der Waals surface area contributed by atoms with Crippen LogP contribution in [-0.2, 0) is 0 Å². The Bertz CT molecular complexity index is 310. The van der Waals surface area contributed by atoms with E-state index >= 15 is 0 Å². The molecule has 21 heavy (non-hydrogen) atoms. The SMILES string of the molecule is CC1CCC(C2CC[C@@H](C3CCC(C)CC3)CC2N)CC1. The van der Waals surface area contributed by atoms with Crippen molar-refractivity contribution in [2.75, 3.05) is 0 Å². The average Bonchev–Trinajstić information content (AvgIpc) is 2.49. The molecule has 3 saturated carbocycles. The molecule has 0 bridgehead atoms. The molecule has 3 aliphatic rings. The lowest BCUT2D eigenvalue weighted by atomic mass is 9.63. The van der Waals surface area contributed by atoms with Crippen LogP contribution in [0.5, 0.6) is 0 Å². The summed E-state index contributed by atoms with van der Waals surface area (Å²) in [6.45, 7) is 4.86. The highest BCUT2D eigenvalue weighted by Crippen LogP contribution is 2.45. The summed E-state index contributed by atoms with van der Waals surface area (Å²) in [5.41, 5.74) is 6.67. The quantitative estimate of drug-likeness (QED) is 0.726. The largest absolute Gasteiger partial charge is 0.327 e. The molecule has 2 N–H and O–H groups in total. The van der Waals surface area contributed by atoms with Crippen LogP contribution in [0.25, 0.3) is 0 Å². The van der Waals surface area contributed by atoms with Crippen LogP contribution in [0.4, 0.5) is 0 Å². The van der Waals surface area contributed by atoms with Crippen molar-refractivity contribution in [3.63, 3.8) is 0 Å². The van der Waals surface area contributed by atoms with E-state index in [0.717, 1.165) is 35.5 Å². The van der Waals surface area contributed by atoms with Crippen LogP contribution in [-0.4, -0.2) is 6.04 Å². The molecule has 3 atom stereocenters. The molecule has 0 radical (unpaired) electrons. The third-order valence-corrected chi connectivity index (χ3v) is 7.39. The summed E-state index contributed by atoms with van der Waals surface area (Å²) in [5, 5.41) is 0. The Hall–Kier alpha value is -0.0400. The summed E-state index contributed by atoms with van der Waals surface area (Å²) in [4.78, 5) is 0. The third kappa shape index (κ3) is 3.84. The van der Waals surface area contributed by atoms with Crippen molar-refractivity contribution in [2.24, 2.45) is 41.2 Å². The molecule has 3 aliphatic carbocycles. The van der Waals surface area contributed by atoms with Crippen molar-refractivity contribution in [3.05, 3.63) is 0 Å². The van der Waals surface area contributed by atoms with Crippen molar-refractivity contribution in [3.8, 4) is 0 Å². The summed E-state index contributed by atoms with van der Waals surface area (Å²) in [7, 11) is 0. The molecule has 0 saturated heterocycles. The third-order valence-electron chi connectivity index (χ3n) is 7.39. The van der Waals surface area contributed by atoms with E-state index in [4.69, 9.17) is 5.73 Å². The lowest BCUT2D eigenvalue weighted by molar-refractivity contribution is 0.0905. The molecule has 0 aromatic heterocycles. The van der Waals surface area contributed by atoms with Crippen molar-refractivity contribution in [2.45, 2.75) is 90.5 Å². The predicted molar refractivity (Wildman–Crippen MR) is 91.1 cm³/mol. The smallest absolute Gasteiger partial charge is 0.00725 e. The van der Waals surface area contributed by atoms with Gasteiger partial charge < -0.3 is 5.73 Å². The molecule has 3 fully saturated rings. The molecule has 0 aromatic rings. The first-order valence-electron chi connectivity index (χ1n) is 9.89. The minimum absolute atomic E-state index is 0.515. The van der Waals surface area contributed by atoms with Crippen LogP contribution in [0.2, 0.25) is 0 Å². The topological polar surface area (TPSA) is 26.0 Å². The number of hydrogen-bond donors (Lipinski definition) is 1. The number of nitrogens with two attached hydrogens (primary N) is 1. The molecule has 2 unspecified atom stereocenters. The zero-order valence-corrected chi connectivity index (χ0v) is 14.4. The standard InChI is InChI=1S/C20H37N/c1-14-3-7-16(8-4-14)18-11-12-19(20(21)13-18)17-9-5-15(2)6-10-17/h14-20H,3-13,21H2,1-2H3/t14?,15?,16?,17?,18-,19?,20?/m1/s1. The zero-order chi connectivity index (χ0) is 14.8. The molecule has 0 aliphatic heterocycles. The molecule has 1 heteroatoms. The highest BCUT2D eigenvalue weighted by atomic mass is 14.7. The number of rotatable bonds is 2. The maximum Gasteiger partial charge on any atom is 0.00725 e. The van der Waals surface area contributed by atoms with Crippen molar-refractivity contribution in [1.29, 1.82) is 0 Å².